The summed E-state index contributed by atoms with van der Waals surface area (Å²) in [6.07, 6.45) is 2.32. The average molecular weight is 307 g/mol. The zero-order valence-electron chi connectivity index (χ0n) is 11.5. The van der Waals surface area contributed by atoms with Crippen LogP contribution in [0.3, 0.4) is 0 Å². The molecule has 116 valence electrons. The van der Waals surface area contributed by atoms with Crippen molar-refractivity contribution in [3.05, 3.63) is 0 Å². The Labute approximate surface area is 121 Å². The molecule has 0 aliphatic carbocycles. The molecule has 0 aliphatic heterocycles. The Morgan fingerprint density at radius 3 is 2.30 bits per heavy atom. The van der Waals surface area contributed by atoms with Crippen molar-refractivity contribution >= 4 is 29.5 Å². The van der Waals surface area contributed by atoms with Gasteiger partial charge in [-0.25, -0.2) is 0 Å². The number of carboxylic acids is 1. The summed E-state index contributed by atoms with van der Waals surface area (Å²) >= 11 is 1.54. The molecule has 0 saturated carbocycles. The fraction of sp³-hybridized carbons (Fsp3) is 0.727. The Morgan fingerprint density at radius 2 is 1.85 bits per heavy atom. The van der Waals surface area contributed by atoms with Crippen molar-refractivity contribution in [2.45, 2.75) is 31.5 Å². The maximum atomic E-state index is 11.7. The average Bonchev–Trinajstić information content (AvgIpc) is 2.41. The standard InChI is InChI=1S/C11H21N3O5S/c1-6(11(18)19)13-10(17)8(5-15)14-9(16)7(12)3-4-20-2/h6-8,15H,3-5,12H2,1-2H3,(H,13,17)(H,14,16)(H,18,19)/t6-,7-,8-/m0/s1. The number of amides is 2. The first-order chi connectivity index (χ1) is 9.33. The molecule has 0 aromatic carbocycles. The van der Waals surface area contributed by atoms with E-state index in [1.807, 2.05) is 6.26 Å². The quantitative estimate of drug-likeness (QED) is 0.336. The van der Waals surface area contributed by atoms with Crippen LogP contribution < -0.4 is 16.4 Å². The number of hydrogen-bond acceptors (Lipinski definition) is 6. The Balaban J connectivity index is 4.42. The number of nitrogens with one attached hydrogen (secondary N) is 2. The van der Waals surface area contributed by atoms with Gasteiger partial charge in [-0.1, -0.05) is 0 Å². The lowest BCUT2D eigenvalue weighted by Crippen LogP contribution is -2.55. The number of aliphatic hydroxyl groups excluding tert-OH is 1. The molecule has 0 spiro atoms. The highest BCUT2D eigenvalue weighted by molar-refractivity contribution is 7.98. The Morgan fingerprint density at radius 1 is 1.25 bits per heavy atom. The molecule has 0 fully saturated rings. The van der Waals surface area contributed by atoms with Gasteiger partial charge in [-0.05, 0) is 25.4 Å². The van der Waals surface area contributed by atoms with Crippen LogP contribution in [0.4, 0.5) is 0 Å². The van der Waals surface area contributed by atoms with Gasteiger partial charge in [0.05, 0.1) is 12.6 Å². The Kier molecular flexibility index (Phi) is 8.93. The molecule has 0 rings (SSSR count). The molecule has 0 aliphatic rings. The third-order valence-corrected chi connectivity index (χ3v) is 3.16. The van der Waals surface area contributed by atoms with Gasteiger partial charge in [-0.2, -0.15) is 11.8 Å². The number of aliphatic carboxylic acids is 1. The lowest BCUT2D eigenvalue weighted by molar-refractivity contribution is -0.142. The summed E-state index contributed by atoms with van der Waals surface area (Å²) in [6, 6.07) is -3.11. The first-order valence-electron chi connectivity index (χ1n) is 6.02. The number of carbonyl (C=O) groups is 3. The van der Waals surface area contributed by atoms with Gasteiger partial charge < -0.3 is 26.6 Å². The second-order valence-electron chi connectivity index (χ2n) is 4.20. The van der Waals surface area contributed by atoms with Crippen LogP contribution in [0.15, 0.2) is 0 Å². The summed E-state index contributed by atoms with van der Waals surface area (Å²) < 4.78 is 0. The zero-order valence-corrected chi connectivity index (χ0v) is 12.3. The third kappa shape index (κ3) is 6.73. The maximum Gasteiger partial charge on any atom is 0.325 e. The first-order valence-corrected chi connectivity index (χ1v) is 7.41. The molecule has 0 aromatic rings. The zero-order chi connectivity index (χ0) is 15.7. The summed E-state index contributed by atoms with van der Waals surface area (Å²) in [7, 11) is 0. The molecule has 8 nitrogen and oxygen atoms in total. The van der Waals surface area contributed by atoms with Crippen LogP contribution in [0, 0.1) is 0 Å². The summed E-state index contributed by atoms with van der Waals surface area (Å²) in [5.74, 6) is -1.84. The smallest absolute Gasteiger partial charge is 0.325 e. The van der Waals surface area contributed by atoms with Crippen LogP contribution in [-0.4, -0.2) is 64.7 Å². The van der Waals surface area contributed by atoms with E-state index < -0.39 is 42.5 Å². The predicted molar refractivity (Wildman–Crippen MR) is 75.2 cm³/mol. The lowest BCUT2D eigenvalue weighted by atomic mass is 10.2. The highest BCUT2D eigenvalue weighted by atomic mass is 32.2. The van der Waals surface area contributed by atoms with Gasteiger partial charge in [0.15, 0.2) is 0 Å². The highest BCUT2D eigenvalue weighted by Crippen LogP contribution is 1.99. The summed E-state index contributed by atoms with van der Waals surface area (Å²) in [5.41, 5.74) is 5.62. The van der Waals surface area contributed by atoms with Crippen molar-refractivity contribution < 1.29 is 24.6 Å². The molecule has 0 unspecified atom stereocenters. The van der Waals surface area contributed by atoms with E-state index in [4.69, 9.17) is 15.9 Å². The van der Waals surface area contributed by atoms with Crippen molar-refractivity contribution in [2.75, 3.05) is 18.6 Å². The molecular formula is C11H21N3O5S. The molecule has 0 heterocycles. The van der Waals surface area contributed by atoms with Gasteiger partial charge in [0.25, 0.3) is 0 Å². The Hall–Kier alpha value is -1.32. The number of thioether (sulfide) groups is 1. The first kappa shape index (κ1) is 18.7. The number of carbonyl (C=O) groups excluding carboxylic acids is 2. The SMILES string of the molecule is CSCC[C@H](N)C(=O)N[C@@H](CO)C(=O)N[C@@H](C)C(=O)O. The molecule has 0 saturated heterocycles. The molecule has 6 N–H and O–H groups in total. The van der Waals surface area contributed by atoms with Crippen molar-refractivity contribution in [1.29, 1.82) is 0 Å². The minimum absolute atomic E-state index is 0.443. The molecule has 2 amide bonds. The summed E-state index contributed by atoms with van der Waals surface area (Å²) in [4.78, 5) is 34.0. The third-order valence-electron chi connectivity index (χ3n) is 2.51. The molecule has 0 bridgehead atoms. The number of aliphatic hydroxyl groups is 1. The summed E-state index contributed by atoms with van der Waals surface area (Å²) in [6.45, 7) is 0.639. The van der Waals surface area contributed by atoms with Crippen LogP contribution in [0.5, 0.6) is 0 Å². The van der Waals surface area contributed by atoms with Crippen molar-refractivity contribution in [3.8, 4) is 0 Å². The molecule has 3 atom stereocenters. The molecule has 0 radical (unpaired) electrons. The number of rotatable bonds is 9. The minimum atomic E-state index is -1.22. The van der Waals surface area contributed by atoms with Crippen LogP contribution in [0.25, 0.3) is 0 Å². The van der Waals surface area contributed by atoms with Gasteiger partial charge in [-0.15, -0.1) is 0 Å². The van der Waals surface area contributed by atoms with E-state index in [0.29, 0.717) is 12.2 Å². The van der Waals surface area contributed by atoms with Crippen molar-refractivity contribution in [2.24, 2.45) is 5.73 Å². The van der Waals surface area contributed by atoms with E-state index in [1.54, 1.807) is 0 Å². The van der Waals surface area contributed by atoms with E-state index in [2.05, 4.69) is 10.6 Å². The van der Waals surface area contributed by atoms with Gasteiger partial charge in [-0.3, -0.25) is 14.4 Å². The highest BCUT2D eigenvalue weighted by Gasteiger charge is 2.25. The van der Waals surface area contributed by atoms with Crippen LogP contribution >= 0.6 is 11.8 Å². The van der Waals surface area contributed by atoms with E-state index >= 15 is 0 Å². The predicted octanol–water partition coefficient (Wildman–Crippen LogP) is -1.87. The van der Waals surface area contributed by atoms with E-state index in [-0.39, 0.29) is 0 Å². The van der Waals surface area contributed by atoms with E-state index in [9.17, 15) is 14.4 Å². The van der Waals surface area contributed by atoms with Gasteiger partial charge in [0.2, 0.25) is 11.8 Å². The maximum absolute atomic E-state index is 11.7. The number of nitrogens with two attached hydrogens (primary N) is 1. The van der Waals surface area contributed by atoms with Gasteiger partial charge in [0, 0.05) is 0 Å². The second-order valence-corrected chi connectivity index (χ2v) is 5.19. The monoisotopic (exact) mass is 307 g/mol. The van der Waals surface area contributed by atoms with Crippen molar-refractivity contribution in [1.82, 2.24) is 10.6 Å². The fourth-order valence-corrected chi connectivity index (χ4v) is 1.71. The fourth-order valence-electron chi connectivity index (χ4n) is 1.22. The Bertz CT molecular complexity index is 353. The number of hydrogen-bond donors (Lipinski definition) is 5. The molecule has 20 heavy (non-hydrogen) atoms. The topological polar surface area (TPSA) is 142 Å². The van der Waals surface area contributed by atoms with Gasteiger partial charge in [0.1, 0.15) is 12.1 Å². The molecule has 0 aromatic heterocycles. The van der Waals surface area contributed by atoms with E-state index in [0.717, 1.165) is 0 Å². The number of carboxylic acid groups (broad SMARTS) is 1. The van der Waals surface area contributed by atoms with E-state index in [1.165, 1.54) is 18.7 Å². The van der Waals surface area contributed by atoms with Crippen LogP contribution in [-0.2, 0) is 14.4 Å². The van der Waals surface area contributed by atoms with Crippen molar-refractivity contribution in [3.63, 3.8) is 0 Å². The normalized spacial score (nSPS) is 15.0. The van der Waals surface area contributed by atoms with Crippen LogP contribution in [0.2, 0.25) is 0 Å². The molecular weight excluding hydrogens is 286 g/mol. The molecule has 9 heteroatoms. The summed E-state index contributed by atoms with van der Waals surface area (Å²) in [5, 5.41) is 22.2. The largest absolute Gasteiger partial charge is 0.480 e. The lowest BCUT2D eigenvalue weighted by Gasteiger charge is -2.20. The van der Waals surface area contributed by atoms with Crippen LogP contribution in [0.1, 0.15) is 13.3 Å². The van der Waals surface area contributed by atoms with Gasteiger partial charge >= 0.3 is 5.97 Å². The second kappa shape index (κ2) is 9.56. The minimum Gasteiger partial charge on any atom is -0.480 e.